The third-order valence-corrected chi connectivity index (χ3v) is 4.37. The number of nitrogens with zero attached hydrogens (tertiary/aromatic N) is 3. The summed E-state index contributed by atoms with van der Waals surface area (Å²) < 4.78 is 10.7. The fourth-order valence-corrected chi connectivity index (χ4v) is 2.76. The van der Waals surface area contributed by atoms with Crippen LogP contribution in [0.2, 0.25) is 0 Å². The highest BCUT2D eigenvalue weighted by atomic mass is 16.5. The smallest absolute Gasteiger partial charge is 0.193 e. The van der Waals surface area contributed by atoms with E-state index in [1.165, 1.54) is 5.56 Å². The van der Waals surface area contributed by atoms with Crippen molar-refractivity contribution in [2.75, 3.05) is 34.4 Å². The van der Waals surface area contributed by atoms with Crippen LogP contribution in [-0.4, -0.2) is 45.2 Å². The highest BCUT2D eigenvalue weighted by molar-refractivity contribution is 5.79. The van der Waals surface area contributed by atoms with Crippen molar-refractivity contribution in [1.82, 2.24) is 10.2 Å². The summed E-state index contributed by atoms with van der Waals surface area (Å²) in [6, 6.07) is 15.6. The van der Waals surface area contributed by atoms with Crippen molar-refractivity contribution in [2.45, 2.75) is 19.9 Å². The molecule has 0 unspecified atom stereocenters. The maximum atomic E-state index is 8.90. The molecule has 0 aliphatic carbocycles. The van der Waals surface area contributed by atoms with Crippen molar-refractivity contribution in [3.05, 3.63) is 59.2 Å². The molecule has 6 heteroatoms. The Kier molecular flexibility index (Phi) is 8.16. The van der Waals surface area contributed by atoms with Gasteiger partial charge < -0.3 is 19.7 Å². The fourth-order valence-electron chi connectivity index (χ4n) is 2.76. The summed E-state index contributed by atoms with van der Waals surface area (Å²) in [4.78, 5) is 6.83. The molecule has 148 valence electrons. The molecule has 2 aromatic carbocycles. The van der Waals surface area contributed by atoms with Gasteiger partial charge in [0.05, 0.1) is 32.4 Å². The topological polar surface area (TPSA) is 69.9 Å². The van der Waals surface area contributed by atoms with Crippen molar-refractivity contribution in [2.24, 2.45) is 4.99 Å². The van der Waals surface area contributed by atoms with Crippen molar-refractivity contribution in [1.29, 1.82) is 5.26 Å². The number of nitriles is 1. The van der Waals surface area contributed by atoms with E-state index >= 15 is 0 Å². The SMILES string of the molecule is CCNC(=NCc1ccc(C#N)cc1)N(C)CCc1ccc(OC)c(OC)c1. The van der Waals surface area contributed by atoms with E-state index in [9.17, 15) is 0 Å². The van der Waals surface area contributed by atoms with E-state index in [-0.39, 0.29) is 0 Å². The van der Waals surface area contributed by atoms with Gasteiger partial charge in [-0.3, -0.25) is 0 Å². The number of hydrogen-bond donors (Lipinski definition) is 1. The highest BCUT2D eigenvalue weighted by Crippen LogP contribution is 2.27. The number of hydrogen-bond acceptors (Lipinski definition) is 4. The average molecular weight is 380 g/mol. The predicted octanol–water partition coefficient (Wildman–Crippen LogP) is 3.22. The first kappa shape index (κ1) is 21.1. The Morgan fingerprint density at radius 2 is 1.75 bits per heavy atom. The summed E-state index contributed by atoms with van der Waals surface area (Å²) in [6.45, 7) is 4.23. The van der Waals surface area contributed by atoms with E-state index in [1.54, 1.807) is 14.2 Å². The Bertz CT molecular complexity index is 825. The lowest BCUT2D eigenvalue weighted by Gasteiger charge is -2.22. The second kappa shape index (κ2) is 10.8. The number of guanidine groups is 1. The third kappa shape index (κ3) is 5.92. The van der Waals surface area contributed by atoms with Crippen molar-refractivity contribution >= 4 is 5.96 Å². The number of nitrogens with one attached hydrogen (secondary N) is 1. The van der Waals surface area contributed by atoms with Crippen LogP contribution in [0.4, 0.5) is 0 Å². The van der Waals surface area contributed by atoms with Crippen LogP contribution in [0.1, 0.15) is 23.6 Å². The zero-order valence-corrected chi connectivity index (χ0v) is 17.0. The van der Waals surface area contributed by atoms with Gasteiger partial charge in [-0.1, -0.05) is 18.2 Å². The van der Waals surface area contributed by atoms with Gasteiger partial charge >= 0.3 is 0 Å². The lowest BCUT2D eigenvalue weighted by Crippen LogP contribution is -2.39. The first-order valence-electron chi connectivity index (χ1n) is 9.30. The van der Waals surface area contributed by atoms with Gasteiger partial charge in [0, 0.05) is 20.1 Å². The lowest BCUT2D eigenvalue weighted by molar-refractivity contribution is 0.354. The number of rotatable bonds is 8. The minimum Gasteiger partial charge on any atom is -0.493 e. The van der Waals surface area contributed by atoms with Crippen LogP contribution in [0.3, 0.4) is 0 Å². The minimum absolute atomic E-state index is 0.564. The lowest BCUT2D eigenvalue weighted by atomic mass is 10.1. The predicted molar refractivity (Wildman–Crippen MR) is 112 cm³/mol. The second-order valence-corrected chi connectivity index (χ2v) is 6.34. The summed E-state index contributed by atoms with van der Waals surface area (Å²) >= 11 is 0. The largest absolute Gasteiger partial charge is 0.493 e. The summed E-state index contributed by atoms with van der Waals surface area (Å²) in [5.41, 5.74) is 2.90. The maximum absolute atomic E-state index is 8.90. The molecule has 28 heavy (non-hydrogen) atoms. The van der Waals surface area contributed by atoms with E-state index in [0.29, 0.717) is 12.1 Å². The van der Waals surface area contributed by atoms with E-state index in [2.05, 4.69) is 29.3 Å². The Morgan fingerprint density at radius 3 is 2.36 bits per heavy atom. The molecule has 0 bridgehead atoms. The number of likely N-dealkylation sites (N-methyl/N-ethyl adjacent to an activating group) is 1. The Hall–Kier alpha value is -3.20. The first-order valence-corrected chi connectivity index (χ1v) is 9.30. The standard InChI is InChI=1S/C22H28N4O2/c1-5-24-22(25-16-19-8-6-18(15-23)7-9-19)26(2)13-12-17-10-11-20(27-3)21(14-17)28-4/h6-11,14H,5,12-13,16H2,1-4H3,(H,24,25). The van der Waals surface area contributed by atoms with Gasteiger partial charge in [-0.05, 0) is 48.7 Å². The van der Waals surface area contributed by atoms with Crippen LogP contribution in [-0.2, 0) is 13.0 Å². The zero-order valence-electron chi connectivity index (χ0n) is 17.0. The molecule has 2 rings (SSSR count). The molecule has 0 aliphatic rings. The van der Waals surface area contributed by atoms with Gasteiger partial charge in [0.2, 0.25) is 0 Å². The Labute approximate surface area is 167 Å². The number of benzene rings is 2. The fraction of sp³-hybridized carbons (Fsp3) is 0.364. The van der Waals surface area contributed by atoms with Gasteiger partial charge in [0.1, 0.15) is 0 Å². The van der Waals surface area contributed by atoms with Crippen molar-refractivity contribution in [3.8, 4) is 17.6 Å². The average Bonchev–Trinajstić information content (AvgIpc) is 2.74. The number of ether oxygens (including phenoxy) is 2. The molecule has 0 saturated heterocycles. The zero-order chi connectivity index (χ0) is 20.4. The van der Waals surface area contributed by atoms with E-state index in [0.717, 1.165) is 42.5 Å². The molecule has 6 nitrogen and oxygen atoms in total. The Balaban J connectivity index is 2.01. The molecule has 0 saturated carbocycles. The maximum Gasteiger partial charge on any atom is 0.193 e. The summed E-state index contributed by atoms with van der Waals surface area (Å²) in [6.07, 6.45) is 0.859. The van der Waals surface area contributed by atoms with Crippen LogP contribution in [0, 0.1) is 11.3 Å². The van der Waals surface area contributed by atoms with E-state index in [4.69, 9.17) is 19.7 Å². The number of aliphatic imine (C=N–C) groups is 1. The monoisotopic (exact) mass is 380 g/mol. The van der Waals surface area contributed by atoms with Crippen molar-refractivity contribution in [3.63, 3.8) is 0 Å². The quantitative estimate of drug-likeness (QED) is 0.562. The van der Waals surface area contributed by atoms with Crippen LogP contribution < -0.4 is 14.8 Å². The van der Waals surface area contributed by atoms with Gasteiger partial charge in [-0.25, -0.2) is 4.99 Å². The van der Waals surface area contributed by atoms with Crippen LogP contribution >= 0.6 is 0 Å². The van der Waals surface area contributed by atoms with Gasteiger partial charge in [-0.2, -0.15) is 5.26 Å². The molecular weight excluding hydrogens is 352 g/mol. The first-order chi connectivity index (χ1) is 13.6. The molecule has 0 aliphatic heterocycles. The molecule has 0 amide bonds. The molecule has 2 aromatic rings. The summed E-state index contributed by atoms with van der Waals surface area (Å²) in [7, 11) is 5.31. The molecule has 0 fully saturated rings. The van der Waals surface area contributed by atoms with E-state index < -0.39 is 0 Å². The second-order valence-electron chi connectivity index (χ2n) is 6.34. The van der Waals surface area contributed by atoms with Crippen LogP contribution in [0.5, 0.6) is 11.5 Å². The van der Waals surface area contributed by atoms with Crippen molar-refractivity contribution < 1.29 is 9.47 Å². The van der Waals surface area contributed by atoms with Gasteiger partial charge in [0.25, 0.3) is 0 Å². The molecule has 0 aromatic heterocycles. The van der Waals surface area contributed by atoms with E-state index in [1.807, 2.05) is 43.4 Å². The van der Waals surface area contributed by atoms with Crippen LogP contribution in [0.25, 0.3) is 0 Å². The molecule has 0 atom stereocenters. The summed E-state index contributed by atoms with van der Waals surface area (Å²) in [5.74, 6) is 2.33. The molecule has 0 radical (unpaired) electrons. The summed E-state index contributed by atoms with van der Waals surface area (Å²) in [5, 5.41) is 12.2. The van der Waals surface area contributed by atoms with Crippen LogP contribution in [0.15, 0.2) is 47.5 Å². The van der Waals surface area contributed by atoms with Gasteiger partial charge in [-0.15, -0.1) is 0 Å². The Morgan fingerprint density at radius 1 is 1.07 bits per heavy atom. The molecule has 1 N–H and O–H groups in total. The third-order valence-electron chi connectivity index (χ3n) is 4.37. The molecule has 0 spiro atoms. The molecular formula is C22H28N4O2. The highest BCUT2D eigenvalue weighted by Gasteiger charge is 2.08. The minimum atomic E-state index is 0.564. The number of methoxy groups -OCH3 is 2. The molecule has 0 heterocycles. The normalized spacial score (nSPS) is 10.9. The van der Waals surface area contributed by atoms with Gasteiger partial charge in [0.15, 0.2) is 17.5 Å².